The highest BCUT2D eigenvalue weighted by Gasteiger charge is 2.51. The predicted octanol–water partition coefficient (Wildman–Crippen LogP) is 8.79. The first-order valence-electron chi connectivity index (χ1n) is 12.7. The molecule has 1 fully saturated rings. The smallest absolute Gasteiger partial charge is 0.133 e. The molecular formula is C32H32O2S. The Morgan fingerprint density at radius 1 is 0.914 bits per heavy atom. The first-order valence-corrected chi connectivity index (χ1v) is 13.5. The maximum Gasteiger partial charge on any atom is 0.133 e. The molecule has 2 aliphatic carbocycles. The molecule has 1 saturated carbocycles. The highest BCUT2D eigenvalue weighted by Crippen LogP contribution is 2.62. The topological polar surface area (TPSA) is 18.5 Å². The Morgan fingerprint density at radius 3 is 2.54 bits per heavy atom. The molecule has 0 N–H and O–H groups in total. The number of fused-ring (bicyclic) bond motifs is 7. The minimum atomic E-state index is 0.0887. The second kappa shape index (κ2) is 8.64. The third-order valence-corrected chi connectivity index (χ3v) is 9.61. The van der Waals surface area contributed by atoms with Crippen molar-refractivity contribution in [1.29, 1.82) is 0 Å². The maximum absolute atomic E-state index is 5.88. The molecule has 4 aromatic carbocycles. The molecule has 0 saturated heterocycles. The lowest BCUT2D eigenvalue weighted by atomic mass is 9.69. The number of methoxy groups -OCH3 is 2. The average molecular weight is 481 g/mol. The molecule has 1 spiro atoms. The fourth-order valence-corrected chi connectivity index (χ4v) is 7.78. The van der Waals surface area contributed by atoms with E-state index in [4.69, 9.17) is 9.47 Å². The van der Waals surface area contributed by atoms with E-state index in [9.17, 15) is 0 Å². The zero-order chi connectivity index (χ0) is 24.2. The Morgan fingerprint density at radius 2 is 1.77 bits per heavy atom. The van der Waals surface area contributed by atoms with E-state index in [-0.39, 0.29) is 5.41 Å². The van der Waals surface area contributed by atoms with Crippen LogP contribution in [-0.4, -0.2) is 14.2 Å². The van der Waals surface area contributed by atoms with Gasteiger partial charge in [-0.3, -0.25) is 0 Å². The molecule has 6 rings (SSSR count). The van der Waals surface area contributed by atoms with Gasteiger partial charge in [-0.1, -0.05) is 67.9 Å². The van der Waals surface area contributed by atoms with Gasteiger partial charge in [0, 0.05) is 10.3 Å². The van der Waals surface area contributed by atoms with Crippen LogP contribution in [0.3, 0.4) is 0 Å². The van der Waals surface area contributed by atoms with Crippen LogP contribution >= 0.6 is 11.8 Å². The number of ether oxygens (including phenoxy) is 2. The van der Waals surface area contributed by atoms with Crippen molar-refractivity contribution in [2.45, 2.75) is 54.7 Å². The number of hydrogen-bond donors (Lipinski definition) is 0. The first kappa shape index (κ1) is 22.5. The monoisotopic (exact) mass is 480 g/mol. The quantitative estimate of drug-likeness (QED) is 0.284. The molecule has 178 valence electrons. The van der Waals surface area contributed by atoms with Crippen molar-refractivity contribution in [2.75, 3.05) is 14.2 Å². The SMILES string of the molecule is CCC1CCCC12c1cc(OC)ccc1-c1c2ccc2cc(OC)c(Sc3ccccc3C)cc12. The van der Waals surface area contributed by atoms with E-state index in [1.807, 2.05) is 0 Å². The van der Waals surface area contributed by atoms with Gasteiger partial charge in [-0.25, -0.2) is 0 Å². The molecule has 0 heterocycles. The standard InChI is InChI=1S/C32H32O2S/c1-5-22-10-8-16-32(22)26-15-12-21-17-28(34-4)30(35-29-11-7-6-9-20(29)2)19-25(21)31(26)24-14-13-23(33-3)18-27(24)32/h6-7,9,11-15,17-19,22H,5,8,10,16H2,1-4H3. The fourth-order valence-electron chi connectivity index (χ4n) is 6.74. The van der Waals surface area contributed by atoms with Gasteiger partial charge in [0.25, 0.3) is 0 Å². The number of rotatable bonds is 5. The summed E-state index contributed by atoms with van der Waals surface area (Å²) < 4.78 is 11.6. The van der Waals surface area contributed by atoms with Gasteiger partial charge in [0.15, 0.2) is 0 Å². The molecule has 2 aliphatic rings. The first-order chi connectivity index (χ1) is 17.1. The van der Waals surface area contributed by atoms with Crippen LogP contribution in [0.4, 0.5) is 0 Å². The van der Waals surface area contributed by atoms with Crippen molar-refractivity contribution in [2.24, 2.45) is 5.92 Å². The zero-order valence-corrected chi connectivity index (χ0v) is 21.8. The molecule has 0 aromatic heterocycles. The van der Waals surface area contributed by atoms with Gasteiger partial charge in [-0.15, -0.1) is 0 Å². The van der Waals surface area contributed by atoms with Crippen molar-refractivity contribution < 1.29 is 9.47 Å². The van der Waals surface area contributed by atoms with Crippen molar-refractivity contribution in [3.8, 4) is 22.6 Å². The normalized spacial score (nSPS) is 20.3. The van der Waals surface area contributed by atoms with Gasteiger partial charge in [0.1, 0.15) is 11.5 Å². The van der Waals surface area contributed by atoms with E-state index in [2.05, 4.69) is 80.6 Å². The molecule has 0 aliphatic heterocycles. The second-order valence-corrected chi connectivity index (χ2v) is 11.0. The van der Waals surface area contributed by atoms with Crippen LogP contribution in [0.25, 0.3) is 21.9 Å². The predicted molar refractivity (Wildman–Crippen MR) is 146 cm³/mol. The van der Waals surface area contributed by atoms with Gasteiger partial charge < -0.3 is 9.47 Å². The van der Waals surface area contributed by atoms with Crippen LogP contribution < -0.4 is 9.47 Å². The Labute approximate surface area is 212 Å². The average Bonchev–Trinajstić information content (AvgIpc) is 3.45. The molecule has 3 heteroatoms. The van der Waals surface area contributed by atoms with Gasteiger partial charge >= 0.3 is 0 Å². The molecule has 2 nitrogen and oxygen atoms in total. The van der Waals surface area contributed by atoms with Crippen LogP contribution in [-0.2, 0) is 5.41 Å². The van der Waals surface area contributed by atoms with Gasteiger partial charge in [-0.2, -0.15) is 0 Å². The molecule has 0 radical (unpaired) electrons. The lowest BCUT2D eigenvalue weighted by molar-refractivity contribution is 0.367. The highest BCUT2D eigenvalue weighted by atomic mass is 32.2. The van der Waals surface area contributed by atoms with Crippen LogP contribution in [0.2, 0.25) is 0 Å². The Kier molecular flexibility index (Phi) is 5.56. The largest absolute Gasteiger partial charge is 0.497 e. The van der Waals surface area contributed by atoms with E-state index >= 15 is 0 Å². The van der Waals surface area contributed by atoms with Crippen molar-refractivity contribution in [3.05, 3.63) is 83.4 Å². The number of benzene rings is 4. The maximum atomic E-state index is 5.88. The van der Waals surface area contributed by atoms with Crippen molar-refractivity contribution >= 4 is 22.5 Å². The second-order valence-electron chi connectivity index (χ2n) is 9.96. The summed E-state index contributed by atoms with van der Waals surface area (Å²) in [6.07, 6.45) is 4.99. The summed E-state index contributed by atoms with van der Waals surface area (Å²) in [7, 11) is 3.55. The minimum absolute atomic E-state index is 0.0887. The van der Waals surface area contributed by atoms with E-state index < -0.39 is 0 Å². The summed E-state index contributed by atoms with van der Waals surface area (Å²) in [4.78, 5) is 2.43. The Balaban J connectivity index is 1.62. The van der Waals surface area contributed by atoms with E-state index in [1.165, 1.54) is 69.2 Å². The molecule has 0 bridgehead atoms. The van der Waals surface area contributed by atoms with Gasteiger partial charge in [0.05, 0.1) is 19.1 Å². The van der Waals surface area contributed by atoms with E-state index in [1.54, 1.807) is 26.0 Å². The lowest BCUT2D eigenvalue weighted by Gasteiger charge is -2.34. The third kappa shape index (κ3) is 3.31. The van der Waals surface area contributed by atoms with Gasteiger partial charge in [0.2, 0.25) is 0 Å². The molecule has 0 amide bonds. The summed E-state index contributed by atoms with van der Waals surface area (Å²) in [5.41, 5.74) is 7.14. The number of aryl methyl sites for hydroxylation is 1. The summed E-state index contributed by atoms with van der Waals surface area (Å²) in [6, 6.07) is 24.6. The summed E-state index contributed by atoms with van der Waals surface area (Å²) in [5, 5.41) is 2.56. The van der Waals surface area contributed by atoms with Gasteiger partial charge in [-0.05, 0) is 94.6 Å². The molecule has 2 unspecified atom stereocenters. The molecular weight excluding hydrogens is 448 g/mol. The van der Waals surface area contributed by atoms with Crippen LogP contribution in [0, 0.1) is 12.8 Å². The summed E-state index contributed by atoms with van der Waals surface area (Å²) >= 11 is 1.80. The zero-order valence-electron chi connectivity index (χ0n) is 21.0. The van der Waals surface area contributed by atoms with Crippen LogP contribution in [0.1, 0.15) is 49.3 Å². The van der Waals surface area contributed by atoms with Crippen molar-refractivity contribution in [1.82, 2.24) is 0 Å². The molecule has 4 aromatic rings. The molecule has 2 atom stereocenters. The highest BCUT2D eigenvalue weighted by molar-refractivity contribution is 7.99. The Hall–Kier alpha value is -2.91. The van der Waals surface area contributed by atoms with E-state index in [0.717, 1.165) is 16.4 Å². The van der Waals surface area contributed by atoms with Crippen LogP contribution in [0.15, 0.2) is 76.5 Å². The van der Waals surface area contributed by atoms with Crippen molar-refractivity contribution in [3.63, 3.8) is 0 Å². The summed E-state index contributed by atoms with van der Waals surface area (Å²) in [6.45, 7) is 4.53. The van der Waals surface area contributed by atoms with Crippen LogP contribution in [0.5, 0.6) is 11.5 Å². The minimum Gasteiger partial charge on any atom is -0.497 e. The number of hydrogen-bond acceptors (Lipinski definition) is 3. The Bertz CT molecular complexity index is 1440. The molecule has 35 heavy (non-hydrogen) atoms. The lowest BCUT2D eigenvalue weighted by Crippen LogP contribution is -2.29. The van der Waals surface area contributed by atoms with E-state index in [0.29, 0.717) is 5.92 Å². The fraction of sp³-hybridized carbons (Fsp3) is 0.312. The summed E-state index contributed by atoms with van der Waals surface area (Å²) in [5.74, 6) is 2.55. The third-order valence-electron chi connectivity index (χ3n) is 8.39.